The van der Waals surface area contributed by atoms with Crippen molar-refractivity contribution in [1.82, 2.24) is 4.90 Å². The first-order chi connectivity index (χ1) is 9.02. The highest BCUT2D eigenvalue weighted by Gasteiger charge is 2.31. The van der Waals surface area contributed by atoms with Crippen LogP contribution in [0.15, 0.2) is 22.7 Å². The van der Waals surface area contributed by atoms with Crippen molar-refractivity contribution in [3.05, 3.63) is 28.2 Å². The molecule has 0 radical (unpaired) electrons. The second-order valence-electron chi connectivity index (χ2n) is 5.53. The molecule has 3 unspecified atom stereocenters. The van der Waals surface area contributed by atoms with Gasteiger partial charge in [0, 0.05) is 28.7 Å². The number of nitrogens with zero attached hydrogens (tertiary/aromatic N) is 1. The molecule has 2 rings (SSSR count). The fourth-order valence-corrected chi connectivity index (χ4v) is 3.37. The number of likely N-dealkylation sites (tertiary alicyclic amines) is 1. The Bertz CT molecular complexity index is 436. The Kier molecular flexibility index (Phi) is 4.87. The Morgan fingerprint density at radius 2 is 2.26 bits per heavy atom. The second-order valence-corrected chi connectivity index (χ2v) is 6.45. The van der Waals surface area contributed by atoms with Gasteiger partial charge in [-0.05, 0) is 50.4 Å². The van der Waals surface area contributed by atoms with Crippen LogP contribution < -0.4 is 5.73 Å². The van der Waals surface area contributed by atoms with Gasteiger partial charge in [0.15, 0.2) is 0 Å². The Labute approximate surface area is 123 Å². The van der Waals surface area contributed by atoms with Crippen LogP contribution in [0.25, 0.3) is 0 Å². The van der Waals surface area contributed by atoms with Gasteiger partial charge in [-0.1, -0.05) is 22.9 Å². The van der Waals surface area contributed by atoms with Crippen LogP contribution >= 0.6 is 15.9 Å². The van der Waals surface area contributed by atoms with E-state index in [9.17, 15) is 5.11 Å². The Balaban J connectivity index is 2.19. The van der Waals surface area contributed by atoms with Crippen LogP contribution in [-0.2, 0) is 0 Å². The number of aromatic hydroxyl groups is 1. The summed E-state index contributed by atoms with van der Waals surface area (Å²) in [5.41, 5.74) is 7.03. The standard InChI is InChI=1S/C15H23BrN2O/c1-3-14(13-8-12(16)4-5-15(13)19)18-7-6-11(9-18)10(2)17/h4-5,8,10-11,14,19H,3,6-7,9,17H2,1-2H3. The molecule has 0 aliphatic carbocycles. The van der Waals surface area contributed by atoms with Crippen molar-refractivity contribution in [1.29, 1.82) is 0 Å². The molecule has 1 saturated heterocycles. The molecule has 0 aromatic heterocycles. The van der Waals surface area contributed by atoms with Gasteiger partial charge in [0.2, 0.25) is 0 Å². The summed E-state index contributed by atoms with van der Waals surface area (Å²) in [6, 6.07) is 6.20. The third-order valence-corrected chi connectivity index (χ3v) is 4.67. The minimum atomic E-state index is 0.249. The molecule has 1 fully saturated rings. The average Bonchev–Trinajstić information content (AvgIpc) is 2.84. The molecular weight excluding hydrogens is 304 g/mol. The maximum atomic E-state index is 10.1. The fraction of sp³-hybridized carbons (Fsp3) is 0.600. The summed E-state index contributed by atoms with van der Waals surface area (Å²) in [4.78, 5) is 2.45. The summed E-state index contributed by atoms with van der Waals surface area (Å²) in [7, 11) is 0. The van der Waals surface area contributed by atoms with Crippen molar-refractivity contribution in [3.63, 3.8) is 0 Å². The first-order valence-corrected chi connectivity index (χ1v) is 7.80. The number of hydrogen-bond acceptors (Lipinski definition) is 3. The molecule has 0 saturated carbocycles. The number of phenolic OH excluding ortho intramolecular Hbond substituents is 1. The van der Waals surface area contributed by atoms with E-state index in [-0.39, 0.29) is 12.1 Å². The van der Waals surface area contributed by atoms with E-state index in [1.54, 1.807) is 6.07 Å². The van der Waals surface area contributed by atoms with Gasteiger partial charge in [-0.3, -0.25) is 4.90 Å². The maximum Gasteiger partial charge on any atom is 0.120 e. The van der Waals surface area contributed by atoms with E-state index in [0.717, 1.165) is 36.0 Å². The van der Waals surface area contributed by atoms with E-state index in [2.05, 4.69) is 34.7 Å². The molecule has 0 amide bonds. The largest absolute Gasteiger partial charge is 0.508 e. The number of benzene rings is 1. The first-order valence-electron chi connectivity index (χ1n) is 7.01. The van der Waals surface area contributed by atoms with Crippen LogP contribution in [0.3, 0.4) is 0 Å². The molecule has 0 spiro atoms. The van der Waals surface area contributed by atoms with E-state index in [1.807, 2.05) is 12.1 Å². The molecule has 1 aliphatic heterocycles. The molecule has 1 aliphatic rings. The molecule has 4 heteroatoms. The molecule has 1 aromatic carbocycles. The van der Waals surface area contributed by atoms with E-state index < -0.39 is 0 Å². The number of rotatable bonds is 4. The number of hydrogen-bond donors (Lipinski definition) is 2. The van der Waals surface area contributed by atoms with Gasteiger partial charge in [0.25, 0.3) is 0 Å². The number of phenols is 1. The number of nitrogens with two attached hydrogens (primary N) is 1. The van der Waals surface area contributed by atoms with Crippen molar-refractivity contribution < 1.29 is 5.11 Å². The Morgan fingerprint density at radius 3 is 2.84 bits per heavy atom. The molecule has 3 N–H and O–H groups in total. The molecule has 0 bridgehead atoms. The van der Waals surface area contributed by atoms with Gasteiger partial charge in [-0.15, -0.1) is 0 Å². The summed E-state index contributed by atoms with van der Waals surface area (Å²) in [6.07, 6.45) is 2.15. The average molecular weight is 327 g/mol. The topological polar surface area (TPSA) is 49.5 Å². The van der Waals surface area contributed by atoms with Gasteiger partial charge in [0.1, 0.15) is 5.75 Å². The molecule has 19 heavy (non-hydrogen) atoms. The van der Waals surface area contributed by atoms with Gasteiger partial charge in [-0.25, -0.2) is 0 Å². The summed E-state index contributed by atoms with van der Waals surface area (Å²) in [5, 5.41) is 10.1. The molecule has 106 valence electrons. The lowest BCUT2D eigenvalue weighted by molar-refractivity contribution is 0.222. The SMILES string of the molecule is CCC(c1cc(Br)ccc1O)N1CCC(C(C)N)C1. The summed E-state index contributed by atoms with van der Waals surface area (Å²) in [6.45, 7) is 6.36. The third-order valence-electron chi connectivity index (χ3n) is 4.18. The van der Waals surface area contributed by atoms with Crippen LogP contribution in [-0.4, -0.2) is 29.1 Å². The predicted octanol–water partition coefficient (Wildman–Crippen LogP) is 3.27. The van der Waals surface area contributed by atoms with Gasteiger partial charge >= 0.3 is 0 Å². The van der Waals surface area contributed by atoms with Crippen molar-refractivity contribution in [2.24, 2.45) is 11.7 Å². The van der Waals surface area contributed by atoms with E-state index in [4.69, 9.17) is 5.73 Å². The van der Waals surface area contributed by atoms with Crippen LogP contribution in [0.4, 0.5) is 0 Å². The molecule has 3 atom stereocenters. The maximum absolute atomic E-state index is 10.1. The third kappa shape index (κ3) is 3.30. The minimum absolute atomic E-state index is 0.249. The normalized spacial score (nSPS) is 23.5. The van der Waals surface area contributed by atoms with Crippen molar-refractivity contribution in [3.8, 4) is 5.75 Å². The van der Waals surface area contributed by atoms with E-state index >= 15 is 0 Å². The highest BCUT2D eigenvalue weighted by molar-refractivity contribution is 9.10. The highest BCUT2D eigenvalue weighted by Crippen LogP contribution is 2.36. The van der Waals surface area contributed by atoms with Gasteiger partial charge in [-0.2, -0.15) is 0 Å². The van der Waals surface area contributed by atoms with Crippen molar-refractivity contribution >= 4 is 15.9 Å². The molecule has 3 nitrogen and oxygen atoms in total. The van der Waals surface area contributed by atoms with Crippen molar-refractivity contribution in [2.75, 3.05) is 13.1 Å². The zero-order valence-electron chi connectivity index (χ0n) is 11.6. The smallest absolute Gasteiger partial charge is 0.120 e. The van der Waals surface area contributed by atoms with Crippen LogP contribution in [0.2, 0.25) is 0 Å². The summed E-state index contributed by atoms with van der Waals surface area (Å²) < 4.78 is 1.02. The first kappa shape index (κ1) is 14.8. The van der Waals surface area contributed by atoms with Gasteiger partial charge < -0.3 is 10.8 Å². The molecule has 1 heterocycles. The fourth-order valence-electron chi connectivity index (χ4n) is 2.99. The van der Waals surface area contributed by atoms with Crippen LogP contribution in [0, 0.1) is 5.92 Å². The van der Waals surface area contributed by atoms with E-state index in [1.165, 1.54) is 0 Å². The molecular formula is C15H23BrN2O. The predicted molar refractivity (Wildman–Crippen MR) is 82.2 cm³/mol. The lowest BCUT2D eigenvalue weighted by Crippen LogP contribution is -2.31. The lowest BCUT2D eigenvalue weighted by atomic mass is 10.0. The zero-order chi connectivity index (χ0) is 14.0. The van der Waals surface area contributed by atoms with E-state index in [0.29, 0.717) is 11.7 Å². The monoisotopic (exact) mass is 326 g/mol. The van der Waals surface area contributed by atoms with Crippen LogP contribution in [0.1, 0.15) is 38.3 Å². The minimum Gasteiger partial charge on any atom is -0.508 e. The quantitative estimate of drug-likeness (QED) is 0.892. The molecule has 1 aromatic rings. The van der Waals surface area contributed by atoms with Gasteiger partial charge in [0.05, 0.1) is 0 Å². The van der Waals surface area contributed by atoms with Crippen LogP contribution in [0.5, 0.6) is 5.75 Å². The lowest BCUT2D eigenvalue weighted by Gasteiger charge is -2.28. The Morgan fingerprint density at radius 1 is 1.53 bits per heavy atom. The number of halogens is 1. The van der Waals surface area contributed by atoms with Crippen molar-refractivity contribution in [2.45, 2.75) is 38.8 Å². The highest BCUT2D eigenvalue weighted by atomic mass is 79.9. The second kappa shape index (κ2) is 6.25. The summed E-state index contributed by atoms with van der Waals surface area (Å²) >= 11 is 3.49. The summed E-state index contributed by atoms with van der Waals surface area (Å²) in [5.74, 6) is 0.961. The Hall–Kier alpha value is -0.580. The zero-order valence-corrected chi connectivity index (χ0v) is 13.2.